The fourth-order valence-corrected chi connectivity index (χ4v) is 2.62. The van der Waals surface area contributed by atoms with Gasteiger partial charge >= 0.3 is 12.1 Å². The molecule has 2 aromatic heterocycles. The minimum atomic E-state index is -4.79. The molecule has 0 bridgehead atoms. The number of carbonyl (C=O) groups excluding carboxylic acids is 2. The van der Waals surface area contributed by atoms with Crippen molar-refractivity contribution in [2.45, 2.75) is 39.4 Å². The van der Waals surface area contributed by atoms with Crippen molar-refractivity contribution in [3.8, 4) is 5.82 Å². The highest BCUT2D eigenvalue weighted by atomic mass is 19.4. The number of ether oxygens (including phenoxy) is 1. The molecular formula is C17H19F3N4O3. The predicted octanol–water partition coefficient (Wildman–Crippen LogP) is 2.50. The summed E-state index contributed by atoms with van der Waals surface area (Å²) in [5.74, 6) is -1.54. The lowest BCUT2D eigenvalue weighted by molar-refractivity contribution is -0.167. The van der Waals surface area contributed by atoms with Crippen LogP contribution >= 0.6 is 0 Å². The number of carbonyl (C=O) groups is 2. The highest BCUT2D eigenvalue weighted by Crippen LogP contribution is 2.25. The predicted molar refractivity (Wildman–Crippen MR) is 89.4 cm³/mol. The smallest absolute Gasteiger partial charge is 0.409 e. The van der Waals surface area contributed by atoms with E-state index < -0.39 is 30.5 Å². The van der Waals surface area contributed by atoms with Gasteiger partial charge in [0.2, 0.25) is 0 Å². The highest BCUT2D eigenvalue weighted by Gasteiger charge is 2.42. The zero-order valence-electron chi connectivity index (χ0n) is 15.0. The van der Waals surface area contributed by atoms with E-state index in [1.54, 1.807) is 18.4 Å². The van der Waals surface area contributed by atoms with Gasteiger partial charge in [0.15, 0.2) is 5.82 Å². The van der Waals surface area contributed by atoms with Gasteiger partial charge in [0.1, 0.15) is 6.04 Å². The van der Waals surface area contributed by atoms with Crippen molar-refractivity contribution < 1.29 is 27.5 Å². The number of rotatable bonds is 6. The van der Waals surface area contributed by atoms with Crippen LogP contribution in [0.15, 0.2) is 24.7 Å². The molecule has 0 saturated carbocycles. The molecule has 0 fully saturated rings. The molecule has 0 saturated heterocycles. The Balaban J connectivity index is 2.27. The van der Waals surface area contributed by atoms with Crippen molar-refractivity contribution >= 4 is 11.9 Å². The van der Waals surface area contributed by atoms with Crippen LogP contribution in [-0.4, -0.2) is 45.2 Å². The van der Waals surface area contributed by atoms with Gasteiger partial charge in [-0.3, -0.25) is 14.6 Å². The van der Waals surface area contributed by atoms with Crippen LogP contribution in [0.5, 0.6) is 0 Å². The maximum absolute atomic E-state index is 13.2. The van der Waals surface area contributed by atoms with Crippen molar-refractivity contribution in [2.75, 3.05) is 6.61 Å². The molecule has 7 nitrogen and oxygen atoms in total. The van der Waals surface area contributed by atoms with E-state index in [1.165, 1.54) is 31.6 Å². The number of esters is 1. The summed E-state index contributed by atoms with van der Waals surface area (Å²) in [4.78, 5) is 32.0. The highest BCUT2D eigenvalue weighted by molar-refractivity contribution is 5.96. The second-order valence-corrected chi connectivity index (χ2v) is 5.76. The molecule has 10 heteroatoms. The maximum Gasteiger partial charge on any atom is 0.409 e. The van der Waals surface area contributed by atoms with Gasteiger partial charge in [-0.1, -0.05) is 0 Å². The number of alkyl halides is 3. The summed E-state index contributed by atoms with van der Waals surface area (Å²) in [6, 6.07) is -0.888. The molecule has 1 unspecified atom stereocenters. The molecule has 2 aromatic rings. The number of hydrogen-bond acceptors (Lipinski definition) is 5. The third-order valence-corrected chi connectivity index (χ3v) is 3.83. The first-order valence-corrected chi connectivity index (χ1v) is 8.13. The van der Waals surface area contributed by atoms with Crippen LogP contribution in [0.3, 0.4) is 0 Å². The quantitative estimate of drug-likeness (QED) is 0.774. The Morgan fingerprint density at radius 2 is 2.00 bits per heavy atom. The molecule has 0 aromatic carbocycles. The minimum Gasteiger partial charge on any atom is -0.466 e. The fraction of sp³-hybridized carbons (Fsp3) is 0.412. The Morgan fingerprint density at radius 1 is 1.30 bits per heavy atom. The van der Waals surface area contributed by atoms with Gasteiger partial charge in [0.05, 0.1) is 24.8 Å². The topological polar surface area (TPSA) is 86.1 Å². The first-order chi connectivity index (χ1) is 12.6. The van der Waals surface area contributed by atoms with Crippen molar-refractivity contribution in [2.24, 2.45) is 0 Å². The van der Waals surface area contributed by atoms with Gasteiger partial charge in [0.25, 0.3) is 5.91 Å². The van der Waals surface area contributed by atoms with Crippen LogP contribution in [0.4, 0.5) is 13.2 Å². The monoisotopic (exact) mass is 384 g/mol. The van der Waals surface area contributed by atoms with E-state index in [-0.39, 0.29) is 12.2 Å². The molecule has 27 heavy (non-hydrogen) atoms. The average molecular weight is 384 g/mol. The van der Waals surface area contributed by atoms with Crippen molar-refractivity contribution in [3.05, 3.63) is 41.6 Å². The Bertz CT molecular complexity index is 819. The lowest BCUT2D eigenvalue weighted by Gasteiger charge is -2.21. The number of halogens is 3. The van der Waals surface area contributed by atoms with Gasteiger partial charge in [-0.25, -0.2) is 4.98 Å². The second kappa shape index (κ2) is 8.19. The molecule has 1 atom stereocenters. The number of hydrogen-bond donors (Lipinski definition) is 1. The molecule has 1 amide bonds. The summed E-state index contributed by atoms with van der Waals surface area (Å²) in [5, 5.41) is 1.88. The van der Waals surface area contributed by atoms with E-state index in [1.807, 2.05) is 5.32 Å². The number of aromatic nitrogens is 3. The summed E-state index contributed by atoms with van der Waals surface area (Å²) in [5.41, 5.74) is 1.06. The summed E-state index contributed by atoms with van der Waals surface area (Å²) >= 11 is 0. The summed E-state index contributed by atoms with van der Waals surface area (Å²) in [6.45, 7) is 4.72. The summed E-state index contributed by atoms with van der Waals surface area (Å²) < 4.78 is 45.8. The van der Waals surface area contributed by atoms with E-state index in [4.69, 9.17) is 0 Å². The standard InChI is InChI=1S/C17H19F3N4O3/c1-4-27-15(25)8-13(17(18,19)20)23-16(26)12-7-10(2)24(11(12)3)14-9-21-5-6-22-14/h5-7,9,13H,4,8H2,1-3H3,(H,23,26). The summed E-state index contributed by atoms with van der Waals surface area (Å²) in [7, 11) is 0. The summed E-state index contributed by atoms with van der Waals surface area (Å²) in [6.07, 6.45) is -1.37. The van der Waals surface area contributed by atoms with Gasteiger partial charge in [-0.05, 0) is 26.8 Å². The maximum atomic E-state index is 13.2. The molecule has 0 radical (unpaired) electrons. The third kappa shape index (κ3) is 4.83. The van der Waals surface area contributed by atoms with E-state index in [9.17, 15) is 22.8 Å². The van der Waals surface area contributed by atoms with E-state index in [2.05, 4.69) is 14.7 Å². The van der Waals surface area contributed by atoms with Crippen LogP contribution in [0.1, 0.15) is 35.1 Å². The van der Waals surface area contributed by atoms with Crippen molar-refractivity contribution in [1.29, 1.82) is 0 Å². The number of aryl methyl sites for hydroxylation is 1. The first-order valence-electron chi connectivity index (χ1n) is 8.13. The number of nitrogens with one attached hydrogen (secondary N) is 1. The fourth-order valence-electron chi connectivity index (χ4n) is 2.62. The van der Waals surface area contributed by atoms with E-state index in [0.29, 0.717) is 17.2 Å². The Morgan fingerprint density at radius 3 is 2.56 bits per heavy atom. The van der Waals surface area contributed by atoms with Gasteiger partial charge in [-0.15, -0.1) is 0 Å². The van der Waals surface area contributed by atoms with Crippen LogP contribution < -0.4 is 5.32 Å². The first kappa shape index (κ1) is 20.4. The SMILES string of the molecule is CCOC(=O)CC(NC(=O)c1cc(C)n(-c2cnccn2)c1C)C(F)(F)F. The zero-order valence-corrected chi connectivity index (χ0v) is 15.0. The molecule has 0 aliphatic rings. The second-order valence-electron chi connectivity index (χ2n) is 5.76. The Hall–Kier alpha value is -2.91. The van der Waals surface area contributed by atoms with Crippen LogP contribution in [0, 0.1) is 13.8 Å². The van der Waals surface area contributed by atoms with Crippen molar-refractivity contribution in [3.63, 3.8) is 0 Å². The molecule has 2 heterocycles. The normalized spacial score (nSPS) is 12.5. The van der Waals surface area contributed by atoms with Gasteiger partial charge in [-0.2, -0.15) is 13.2 Å². The lowest BCUT2D eigenvalue weighted by Crippen LogP contribution is -2.47. The largest absolute Gasteiger partial charge is 0.466 e. The molecule has 0 aliphatic carbocycles. The van der Waals surface area contributed by atoms with Gasteiger partial charge < -0.3 is 14.6 Å². The molecular weight excluding hydrogens is 365 g/mol. The van der Waals surface area contributed by atoms with E-state index >= 15 is 0 Å². The number of nitrogens with zero attached hydrogens (tertiary/aromatic N) is 3. The van der Waals surface area contributed by atoms with Gasteiger partial charge in [0, 0.05) is 23.8 Å². The van der Waals surface area contributed by atoms with Crippen LogP contribution in [-0.2, 0) is 9.53 Å². The van der Waals surface area contributed by atoms with Crippen LogP contribution in [0.25, 0.3) is 5.82 Å². The van der Waals surface area contributed by atoms with Crippen molar-refractivity contribution in [1.82, 2.24) is 19.9 Å². The molecule has 1 N–H and O–H groups in total. The minimum absolute atomic E-state index is 0.0450. The zero-order chi connectivity index (χ0) is 20.2. The Labute approximate surface area is 153 Å². The van der Waals surface area contributed by atoms with E-state index in [0.717, 1.165) is 0 Å². The molecule has 0 spiro atoms. The number of amides is 1. The molecule has 0 aliphatic heterocycles. The average Bonchev–Trinajstić information content (AvgIpc) is 2.89. The Kier molecular flexibility index (Phi) is 6.19. The van der Waals surface area contributed by atoms with Crippen LogP contribution in [0.2, 0.25) is 0 Å². The third-order valence-electron chi connectivity index (χ3n) is 3.83. The molecule has 146 valence electrons. The lowest BCUT2D eigenvalue weighted by atomic mass is 10.1. The molecule has 2 rings (SSSR count).